The second-order valence-corrected chi connectivity index (χ2v) is 3.49. The van der Waals surface area contributed by atoms with Gasteiger partial charge in [-0.05, 0) is 25.1 Å². The molecule has 0 radical (unpaired) electrons. The largest absolute Gasteiger partial charge is 0.509 e. The lowest BCUT2D eigenvalue weighted by Crippen LogP contribution is -2.05. The topological polar surface area (TPSA) is 87.0 Å². The smallest absolute Gasteiger partial charge is 0.338 e. The van der Waals surface area contributed by atoms with Crippen LogP contribution in [0.1, 0.15) is 17.3 Å². The molecule has 5 heteroatoms. The summed E-state index contributed by atoms with van der Waals surface area (Å²) in [6.07, 6.45) is 1.08. The second kappa shape index (κ2) is 6.34. The molecule has 0 atom stereocenters. The van der Waals surface area contributed by atoms with E-state index < -0.39 is 23.2 Å². The Morgan fingerprint density at radius 3 is 2.39 bits per heavy atom. The van der Waals surface area contributed by atoms with Crippen LogP contribution < -0.4 is 0 Å². The van der Waals surface area contributed by atoms with E-state index in [2.05, 4.69) is 0 Å². The quantitative estimate of drug-likeness (QED) is 0.434. The highest BCUT2D eigenvalue weighted by Gasteiger charge is 2.07. The van der Waals surface area contributed by atoms with E-state index in [1.807, 2.05) is 0 Å². The molecular formula is C13H14O5. The van der Waals surface area contributed by atoms with Gasteiger partial charge in [-0.1, -0.05) is 18.2 Å². The molecule has 96 valence electrons. The molecular weight excluding hydrogens is 236 g/mol. The molecule has 0 fully saturated rings. The van der Waals surface area contributed by atoms with Crippen molar-refractivity contribution < 1.29 is 24.9 Å². The molecule has 5 nitrogen and oxygen atoms in total. The first-order chi connectivity index (χ1) is 8.52. The lowest BCUT2D eigenvalue weighted by atomic mass is 10.2. The molecule has 0 heterocycles. The maximum Gasteiger partial charge on any atom is 0.338 e. The molecule has 0 aliphatic heterocycles. The van der Waals surface area contributed by atoms with Crippen LogP contribution in [0.4, 0.5) is 0 Å². The van der Waals surface area contributed by atoms with Crippen molar-refractivity contribution >= 4 is 5.97 Å². The first kappa shape index (κ1) is 13.6. The fourth-order valence-corrected chi connectivity index (χ4v) is 1.14. The molecule has 0 unspecified atom stereocenters. The number of allylic oxidation sites excluding steroid dienone is 1. The molecule has 0 aromatic heterocycles. The number of benzene rings is 1. The highest BCUT2D eigenvalue weighted by atomic mass is 16.5. The van der Waals surface area contributed by atoms with Crippen LogP contribution >= 0.6 is 0 Å². The van der Waals surface area contributed by atoms with E-state index in [1.54, 1.807) is 30.3 Å². The number of rotatable bonds is 4. The van der Waals surface area contributed by atoms with Gasteiger partial charge < -0.3 is 20.1 Å². The Morgan fingerprint density at radius 2 is 1.83 bits per heavy atom. The van der Waals surface area contributed by atoms with Gasteiger partial charge >= 0.3 is 5.97 Å². The number of hydrogen-bond donors (Lipinski definition) is 3. The van der Waals surface area contributed by atoms with Crippen LogP contribution in [-0.2, 0) is 4.74 Å². The summed E-state index contributed by atoms with van der Waals surface area (Å²) in [5, 5.41) is 27.3. The maximum atomic E-state index is 11.5. The molecule has 0 saturated carbocycles. The molecule has 0 bridgehead atoms. The first-order valence-corrected chi connectivity index (χ1v) is 5.23. The van der Waals surface area contributed by atoms with E-state index in [0.717, 1.165) is 6.08 Å². The Labute approximate surface area is 104 Å². The third-order valence-electron chi connectivity index (χ3n) is 2.09. The molecule has 0 saturated heterocycles. The van der Waals surface area contributed by atoms with E-state index >= 15 is 0 Å². The van der Waals surface area contributed by atoms with Gasteiger partial charge in [0.2, 0.25) is 0 Å². The van der Waals surface area contributed by atoms with Crippen molar-refractivity contribution in [3.05, 3.63) is 59.2 Å². The summed E-state index contributed by atoms with van der Waals surface area (Å²) in [4.78, 5) is 11.5. The van der Waals surface area contributed by atoms with Crippen molar-refractivity contribution in [2.24, 2.45) is 0 Å². The van der Waals surface area contributed by atoms with Gasteiger partial charge in [0.25, 0.3) is 0 Å². The van der Waals surface area contributed by atoms with Crippen molar-refractivity contribution in [2.75, 3.05) is 6.61 Å². The molecule has 0 spiro atoms. The van der Waals surface area contributed by atoms with Crippen molar-refractivity contribution in [1.29, 1.82) is 0 Å². The summed E-state index contributed by atoms with van der Waals surface area (Å²) in [6, 6.07) is 8.37. The Balaban J connectivity index is 2.55. The van der Waals surface area contributed by atoms with Crippen LogP contribution in [0.25, 0.3) is 0 Å². The van der Waals surface area contributed by atoms with Crippen LogP contribution in [0.3, 0.4) is 0 Å². The lowest BCUT2D eigenvalue weighted by Gasteiger charge is -2.03. The standard InChI is InChI=1S/C13H14O5/c1-9(14)12(16)11(15)7-8-18-13(17)10-5-3-2-4-6-10/h2-7,14-16H,8H2,1H3. The van der Waals surface area contributed by atoms with E-state index in [0.29, 0.717) is 5.56 Å². The third-order valence-corrected chi connectivity index (χ3v) is 2.09. The lowest BCUT2D eigenvalue weighted by molar-refractivity contribution is 0.0547. The minimum atomic E-state index is -0.647. The van der Waals surface area contributed by atoms with Gasteiger partial charge in [0.1, 0.15) is 12.4 Å². The second-order valence-electron chi connectivity index (χ2n) is 3.49. The molecule has 1 aromatic carbocycles. The van der Waals surface area contributed by atoms with Crippen LogP contribution in [0.15, 0.2) is 53.7 Å². The number of aliphatic hydroxyl groups excluding tert-OH is 3. The van der Waals surface area contributed by atoms with Gasteiger partial charge in [-0.25, -0.2) is 4.79 Å². The normalized spacial score (nSPS) is 12.8. The summed E-state index contributed by atoms with van der Waals surface area (Å²) in [5.41, 5.74) is 0.392. The zero-order valence-electron chi connectivity index (χ0n) is 9.83. The average molecular weight is 250 g/mol. The number of esters is 1. The third kappa shape index (κ3) is 3.86. The number of hydrogen-bond acceptors (Lipinski definition) is 5. The van der Waals surface area contributed by atoms with Gasteiger partial charge in [-0.2, -0.15) is 0 Å². The predicted molar refractivity (Wildman–Crippen MR) is 65.4 cm³/mol. The minimum Gasteiger partial charge on any atom is -0.509 e. The Morgan fingerprint density at radius 1 is 1.22 bits per heavy atom. The highest BCUT2D eigenvalue weighted by Crippen LogP contribution is 2.07. The van der Waals surface area contributed by atoms with E-state index in [1.165, 1.54) is 6.92 Å². The first-order valence-electron chi connectivity index (χ1n) is 5.23. The van der Waals surface area contributed by atoms with Gasteiger partial charge in [0.15, 0.2) is 11.5 Å². The van der Waals surface area contributed by atoms with Gasteiger partial charge in [-0.15, -0.1) is 0 Å². The number of carbonyl (C=O) groups is 1. The fourth-order valence-electron chi connectivity index (χ4n) is 1.14. The van der Waals surface area contributed by atoms with Crippen LogP contribution in [0.2, 0.25) is 0 Å². The summed E-state index contributed by atoms with van der Waals surface area (Å²) in [7, 11) is 0. The van der Waals surface area contributed by atoms with Crippen molar-refractivity contribution in [1.82, 2.24) is 0 Å². The zero-order valence-corrected chi connectivity index (χ0v) is 9.83. The number of ether oxygens (including phenoxy) is 1. The van der Waals surface area contributed by atoms with E-state index in [4.69, 9.17) is 14.9 Å². The Kier molecular flexibility index (Phi) is 4.80. The molecule has 1 rings (SSSR count). The Hall–Kier alpha value is -2.43. The summed E-state index contributed by atoms with van der Waals surface area (Å²) in [6.45, 7) is 1.01. The number of carbonyl (C=O) groups excluding carboxylic acids is 1. The molecule has 1 aromatic rings. The molecule has 18 heavy (non-hydrogen) atoms. The van der Waals surface area contributed by atoms with Crippen LogP contribution in [0.5, 0.6) is 0 Å². The molecule has 3 N–H and O–H groups in total. The zero-order chi connectivity index (χ0) is 13.5. The SMILES string of the molecule is CC(O)=C(O)C(O)=CCOC(=O)c1ccccc1. The monoisotopic (exact) mass is 250 g/mol. The van der Waals surface area contributed by atoms with Crippen molar-refractivity contribution in [3.8, 4) is 0 Å². The van der Waals surface area contributed by atoms with Gasteiger partial charge in [0.05, 0.1) is 5.56 Å². The predicted octanol–water partition coefficient (Wildman–Crippen LogP) is 2.63. The molecule has 0 aliphatic rings. The van der Waals surface area contributed by atoms with Gasteiger partial charge in [-0.3, -0.25) is 0 Å². The summed E-state index contributed by atoms with van der Waals surface area (Å²) >= 11 is 0. The minimum absolute atomic E-state index is 0.211. The summed E-state index contributed by atoms with van der Waals surface area (Å²) < 4.78 is 4.84. The highest BCUT2D eigenvalue weighted by molar-refractivity contribution is 5.89. The average Bonchev–Trinajstić information content (AvgIpc) is 2.38. The number of aliphatic hydroxyl groups is 3. The fraction of sp³-hybridized carbons (Fsp3) is 0.154. The van der Waals surface area contributed by atoms with Gasteiger partial charge in [0, 0.05) is 0 Å². The molecule has 0 amide bonds. The molecule has 0 aliphatic carbocycles. The summed E-state index contributed by atoms with van der Waals surface area (Å²) in [5.74, 6) is -2.15. The Bertz CT molecular complexity index is 469. The van der Waals surface area contributed by atoms with E-state index in [9.17, 15) is 9.90 Å². The van der Waals surface area contributed by atoms with Crippen LogP contribution in [0, 0.1) is 0 Å². The van der Waals surface area contributed by atoms with Crippen molar-refractivity contribution in [3.63, 3.8) is 0 Å². The van der Waals surface area contributed by atoms with Crippen molar-refractivity contribution in [2.45, 2.75) is 6.92 Å². The van der Waals surface area contributed by atoms with Crippen LogP contribution in [-0.4, -0.2) is 27.9 Å². The maximum absolute atomic E-state index is 11.5. The van der Waals surface area contributed by atoms with E-state index in [-0.39, 0.29) is 6.61 Å².